The number of halogens is 1. The highest BCUT2D eigenvalue weighted by atomic mass is 79.9. The number of ketones is 1. The lowest BCUT2D eigenvalue weighted by molar-refractivity contribution is 0.103. The normalized spacial score (nSPS) is 11.5. The fourth-order valence-corrected chi connectivity index (χ4v) is 3.33. The average molecular weight is 430 g/mol. The first kappa shape index (κ1) is 19.0. The first-order valence-electron chi connectivity index (χ1n) is 8.28. The summed E-state index contributed by atoms with van der Waals surface area (Å²) in [5.41, 5.74) is 3.03. The molecular formula is C21H20BrNO4. The number of carbonyl (C=O) groups is 1. The molecule has 0 radical (unpaired) electrons. The van der Waals surface area contributed by atoms with Crippen molar-refractivity contribution in [3.63, 3.8) is 0 Å². The second-order valence-electron chi connectivity index (χ2n) is 6.00. The van der Waals surface area contributed by atoms with Gasteiger partial charge < -0.3 is 19.2 Å². The quantitative estimate of drug-likeness (QED) is 0.429. The molecular weight excluding hydrogens is 410 g/mol. The average Bonchev–Trinajstić information content (AvgIpc) is 3.07. The van der Waals surface area contributed by atoms with Gasteiger partial charge in [-0.05, 0) is 48.9 Å². The summed E-state index contributed by atoms with van der Waals surface area (Å²) < 4.78 is 17.0. The van der Waals surface area contributed by atoms with Crippen molar-refractivity contribution in [2.45, 2.75) is 6.92 Å². The number of ether oxygens (including phenoxy) is 3. The van der Waals surface area contributed by atoms with E-state index < -0.39 is 0 Å². The molecule has 27 heavy (non-hydrogen) atoms. The number of allylic oxidation sites excluding steroid dienone is 1. The van der Waals surface area contributed by atoms with E-state index in [4.69, 9.17) is 14.2 Å². The molecule has 1 aromatic heterocycles. The van der Waals surface area contributed by atoms with Crippen LogP contribution < -0.4 is 14.2 Å². The number of hydrogen-bond acceptors (Lipinski definition) is 4. The Balaban J connectivity index is 2.02. The van der Waals surface area contributed by atoms with Gasteiger partial charge in [-0.3, -0.25) is 4.79 Å². The number of H-pyrrole nitrogens is 1. The molecule has 0 atom stereocenters. The van der Waals surface area contributed by atoms with Crippen LogP contribution >= 0.6 is 15.9 Å². The Morgan fingerprint density at radius 3 is 2.30 bits per heavy atom. The van der Waals surface area contributed by atoms with Crippen LogP contribution in [0.3, 0.4) is 0 Å². The Morgan fingerprint density at radius 1 is 1.04 bits per heavy atom. The van der Waals surface area contributed by atoms with E-state index in [0.717, 1.165) is 20.9 Å². The van der Waals surface area contributed by atoms with Gasteiger partial charge in [-0.1, -0.05) is 15.9 Å². The van der Waals surface area contributed by atoms with Gasteiger partial charge in [0.1, 0.15) is 0 Å². The zero-order chi connectivity index (χ0) is 19.6. The Labute approximate surface area is 166 Å². The van der Waals surface area contributed by atoms with Gasteiger partial charge in [0.2, 0.25) is 5.75 Å². The maximum absolute atomic E-state index is 13.0. The Kier molecular flexibility index (Phi) is 5.56. The third-order valence-electron chi connectivity index (χ3n) is 4.33. The summed E-state index contributed by atoms with van der Waals surface area (Å²) in [4.78, 5) is 16.2. The zero-order valence-corrected chi connectivity index (χ0v) is 17.1. The van der Waals surface area contributed by atoms with Crippen molar-refractivity contribution in [1.29, 1.82) is 0 Å². The van der Waals surface area contributed by atoms with Crippen molar-refractivity contribution in [1.82, 2.24) is 4.98 Å². The summed E-state index contributed by atoms with van der Waals surface area (Å²) in [5, 5.41) is 1.04. The molecule has 5 nitrogen and oxygen atoms in total. The lowest BCUT2D eigenvalue weighted by atomic mass is 10.0. The van der Waals surface area contributed by atoms with Crippen molar-refractivity contribution in [3.05, 3.63) is 57.7 Å². The third kappa shape index (κ3) is 3.71. The summed E-state index contributed by atoms with van der Waals surface area (Å²) >= 11 is 3.49. The van der Waals surface area contributed by atoms with Crippen molar-refractivity contribution in [2.75, 3.05) is 21.3 Å². The molecule has 0 aliphatic heterocycles. The van der Waals surface area contributed by atoms with E-state index in [1.54, 1.807) is 19.1 Å². The van der Waals surface area contributed by atoms with Gasteiger partial charge in [-0.25, -0.2) is 0 Å². The first-order valence-corrected chi connectivity index (χ1v) is 9.07. The van der Waals surface area contributed by atoms with Gasteiger partial charge in [0, 0.05) is 32.7 Å². The highest BCUT2D eigenvalue weighted by molar-refractivity contribution is 9.10. The first-order chi connectivity index (χ1) is 13.0. The van der Waals surface area contributed by atoms with E-state index in [0.29, 0.717) is 28.4 Å². The second kappa shape index (κ2) is 7.88. The van der Waals surface area contributed by atoms with E-state index in [9.17, 15) is 4.79 Å². The van der Waals surface area contributed by atoms with Crippen molar-refractivity contribution < 1.29 is 19.0 Å². The number of aromatic amines is 1. The Morgan fingerprint density at radius 2 is 1.70 bits per heavy atom. The molecule has 0 unspecified atom stereocenters. The Bertz CT molecular complexity index is 1010. The largest absolute Gasteiger partial charge is 0.493 e. The van der Waals surface area contributed by atoms with Crippen LogP contribution in [0.4, 0.5) is 0 Å². The van der Waals surface area contributed by atoms with Crippen molar-refractivity contribution >= 4 is 38.7 Å². The van der Waals surface area contributed by atoms with Crippen LogP contribution in [-0.4, -0.2) is 32.1 Å². The number of aromatic nitrogens is 1. The highest BCUT2D eigenvalue weighted by Crippen LogP contribution is 2.38. The molecule has 1 N–H and O–H groups in total. The van der Waals surface area contributed by atoms with Gasteiger partial charge in [0.05, 0.1) is 21.3 Å². The predicted molar refractivity (Wildman–Crippen MR) is 110 cm³/mol. The summed E-state index contributed by atoms with van der Waals surface area (Å²) in [6.07, 6.45) is 3.76. The predicted octanol–water partition coefficient (Wildman–Crippen LogP) is 5.24. The standard InChI is InChI=1S/C21H20BrNO4/c1-12(7-14-11-23-17-6-5-15(22)10-16(14)17)20(24)13-8-18(25-2)21(27-4)19(9-13)26-3/h5-11,23H,1-4H3/b12-7+. The van der Waals surface area contributed by atoms with Crippen LogP contribution in [0.15, 0.2) is 46.6 Å². The molecule has 140 valence electrons. The minimum Gasteiger partial charge on any atom is -0.493 e. The second-order valence-corrected chi connectivity index (χ2v) is 6.92. The van der Waals surface area contributed by atoms with Crippen LogP contribution in [0.2, 0.25) is 0 Å². The van der Waals surface area contributed by atoms with Crippen LogP contribution in [0, 0.1) is 0 Å². The van der Waals surface area contributed by atoms with Gasteiger partial charge >= 0.3 is 0 Å². The molecule has 0 saturated carbocycles. The molecule has 0 amide bonds. The van der Waals surface area contributed by atoms with Gasteiger partial charge in [0.15, 0.2) is 17.3 Å². The van der Waals surface area contributed by atoms with Gasteiger partial charge in [-0.2, -0.15) is 0 Å². The van der Waals surface area contributed by atoms with E-state index in [1.165, 1.54) is 21.3 Å². The summed E-state index contributed by atoms with van der Waals surface area (Å²) in [6.45, 7) is 1.79. The number of rotatable bonds is 6. The number of nitrogens with one attached hydrogen (secondary N) is 1. The van der Waals surface area contributed by atoms with E-state index >= 15 is 0 Å². The smallest absolute Gasteiger partial charge is 0.203 e. The third-order valence-corrected chi connectivity index (χ3v) is 4.83. The molecule has 0 bridgehead atoms. The van der Waals surface area contributed by atoms with Crippen LogP contribution in [0.5, 0.6) is 17.2 Å². The maximum atomic E-state index is 13.0. The zero-order valence-electron chi connectivity index (χ0n) is 15.6. The topological polar surface area (TPSA) is 60.6 Å². The molecule has 0 spiro atoms. The van der Waals surface area contributed by atoms with Crippen molar-refractivity contribution in [2.24, 2.45) is 0 Å². The molecule has 0 aliphatic rings. The van der Waals surface area contributed by atoms with Crippen LogP contribution in [0.25, 0.3) is 17.0 Å². The molecule has 1 heterocycles. The molecule has 0 saturated heterocycles. The molecule has 6 heteroatoms. The van der Waals surface area contributed by atoms with E-state index in [-0.39, 0.29) is 5.78 Å². The maximum Gasteiger partial charge on any atom is 0.203 e. The van der Waals surface area contributed by atoms with Crippen molar-refractivity contribution in [3.8, 4) is 17.2 Å². The SMILES string of the molecule is COc1cc(C(=O)/C(C)=C/c2c[nH]c3ccc(Br)cc23)cc(OC)c1OC. The van der Waals surface area contributed by atoms with Gasteiger partial charge in [0.25, 0.3) is 0 Å². The lowest BCUT2D eigenvalue weighted by Gasteiger charge is -2.13. The molecule has 0 fully saturated rings. The van der Waals surface area contributed by atoms with E-state index in [1.807, 2.05) is 30.5 Å². The minimum absolute atomic E-state index is 0.112. The monoisotopic (exact) mass is 429 g/mol. The molecule has 2 aromatic carbocycles. The van der Waals surface area contributed by atoms with Gasteiger partial charge in [-0.15, -0.1) is 0 Å². The Hall–Kier alpha value is -2.73. The number of carbonyl (C=O) groups excluding carboxylic acids is 1. The number of benzene rings is 2. The summed E-state index contributed by atoms with van der Waals surface area (Å²) in [7, 11) is 4.58. The summed E-state index contributed by atoms with van der Waals surface area (Å²) in [6, 6.07) is 9.31. The van der Waals surface area contributed by atoms with Crippen LogP contribution in [-0.2, 0) is 0 Å². The lowest BCUT2D eigenvalue weighted by Crippen LogP contribution is -2.03. The fraction of sp³-hybridized carbons (Fsp3) is 0.190. The molecule has 3 rings (SSSR count). The number of Topliss-reactive ketones (excluding diaryl/α,β-unsaturated/α-hetero) is 1. The number of methoxy groups -OCH3 is 3. The molecule has 3 aromatic rings. The summed E-state index contributed by atoms with van der Waals surface area (Å²) in [5.74, 6) is 1.24. The fourth-order valence-electron chi connectivity index (χ4n) is 2.97. The van der Waals surface area contributed by atoms with Crippen LogP contribution in [0.1, 0.15) is 22.8 Å². The minimum atomic E-state index is -0.112. The highest BCUT2D eigenvalue weighted by Gasteiger charge is 2.18. The van der Waals surface area contributed by atoms with E-state index in [2.05, 4.69) is 20.9 Å². The molecule has 0 aliphatic carbocycles. The number of hydrogen-bond donors (Lipinski definition) is 1. The number of fused-ring (bicyclic) bond motifs is 1.